The highest BCUT2D eigenvalue weighted by Crippen LogP contribution is 2.32. The molecule has 0 aliphatic heterocycles. The molecule has 134 valence electrons. The van der Waals surface area contributed by atoms with Crippen LogP contribution in [0.3, 0.4) is 0 Å². The van der Waals surface area contributed by atoms with Gasteiger partial charge in [-0.1, -0.05) is 52.6 Å². The molecule has 0 saturated heterocycles. The van der Waals surface area contributed by atoms with Crippen LogP contribution in [0.5, 0.6) is 5.75 Å². The first-order valence-corrected chi connectivity index (χ1v) is 10.1. The van der Waals surface area contributed by atoms with Gasteiger partial charge in [0.2, 0.25) is 10.6 Å². The van der Waals surface area contributed by atoms with E-state index in [1.165, 1.54) is 18.2 Å². The summed E-state index contributed by atoms with van der Waals surface area (Å²) in [6, 6.07) is 9.12. The molecule has 0 aliphatic rings. The van der Waals surface area contributed by atoms with E-state index in [1.807, 2.05) is 0 Å². The second kappa shape index (κ2) is 10.4. The quantitative estimate of drug-likeness (QED) is 0.212. The zero-order chi connectivity index (χ0) is 19.1. The molecular weight excluding hydrogens is 458 g/mol. The molecule has 2 aromatic carbocycles. The minimum absolute atomic E-state index is 0.0651. The van der Waals surface area contributed by atoms with Gasteiger partial charge in [-0.05, 0) is 48.2 Å². The summed E-state index contributed by atoms with van der Waals surface area (Å²) in [4.78, 5) is 3.68. The lowest BCUT2D eigenvalue weighted by Crippen LogP contribution is -2.04. The number of benzene rings is 2. The van der Waals surface area contributed by atoms with Crippen molar-refractivity contribution in [1.82, 2.24) is 0 Å². The molecule has 3 nitrogen and oxygen atoms in total. The van der Waals surface area contributed by atoms with Gasteiger partial charge in [-0.2, -0.15) is 10.3 Å². The number of thioether (sulfide) groups is 2. The van der Waals surface area contributed by atoms with E-state index in [1.54, 1.807) is 24.4 Å². The van der Waals surface area contributed by atoms with E-state index >= 15 is 0 Å². The summed E-state index contributed by atoms with van der Waals surface area (Å²) in [5.41, 5.74) is 0.315. The van der Waals surface area contributed by atoms with E-state index in [0.29, 0.717) is 20.6 Å². The maximum atomic E-state index is 13.8. The zero-order valence-corrected chi connectivity index (χ0v) is 17.4. The van der Waals surface area contributed by atoms with Crippen molar-refractivity contribution in [2.45, 2.75) is 5.75 Å². The van der Waals surface area contributed by atoms with Crippen LogP contribution in [-0.4, -0.2) is 8.76 Å². The largest absolute Gasteiger partial charge is 0.438 e. The molecule has 0 aromatic heterocycles. The number of rotatable bonds is 3. The summed E-state index contributed by atoms with van der Waals surface area (Å²) in [5.74, 6) is 0.0329. The van der Waals surface area contributed by atoms with Gasteiger partial charge in [0.25, 0.3) is 0 Å². The van der Waals surface area contributed by atoms with Gasteiger partial charge in [-0.3, -0.25) is 0 Å². The van der Waals surface area contributed by atoms with Gasteiger partial charge >= 0.3 is 0 Å². The number of hydrogen-bond donors (Lipinski definition) is 0. The Bertz CT molecular complexity index is 883. The summed E-state index contributed by atoms with van der Waals surface area (Å²) in [6.45, 7) is 0. The summed E-state index contributed by atoms with van der Waals surface area (Å²) in [7, 11) is 0. The molecule has 2 rings (SSSR count). The second-order valence-electron chi connectivity index (χ2n) is 4.50. The number of nitriles is 1. The molecule has 0 atom stereocenters. The third-order valence-corrected chi connectivity index (χ3v) is 5.93. The van der Waals surface area contributed by atoms with Gasteiger partial charge < -0.3 is 4.74 Å². The maximum Gasteiger partial charge on any atom is 0.232 e. The van der Waals surface area contributed by atoms with Crippen LogP contribution < -0.4 is 4.74 Å². The van der Waals surface area contributed by atoms with Gasteiger partial charge in [0, 0.05) is 27.4 Å². The van der Waals surface area contributed by atoms with Crippen LogP contribution in [0.15, 0.2) is 41.4 Å². The van der Waals surface area contributed by atoms with Crippen molar-refractivity contribution in [3.63, 3.8) is 0 Å². The third kappa shape index (κ3) is 6.31. The van der Waals surface area contributed by atoms with Crippen molar-refractivity contribution < 1.29 is 9.13 Å². The van der Waals surface area contributed by atoms with Crippen molar-refractivity contribution in [3.05, 3.63) is 62.8 Å². The van der Waals surface area contributed by atoms with Crippen LogP contribution in [0.2, 0.25) is 15.1 Å². The molecule has 0 radical (unpaired) electrons. The molecule has 0 heterocycles. The van der Waals surface area contributed by atoms with E-state index in [9.17, 15) is 4.39 Å². The lowest BCUT2D eigenvalue weighted by atomic mass is 10.2. The predicted molar refractivity (Wildman–Crippen MR) is 113 cm³/mol. The Morgan fingerprint density at radius 2 is 2.00 bits per heavy atom. The van der Waals surface area contributed by atoms with Crippen molar-refractivity contribution in [1.29, 1.82) is 5.26 Å². The monoisotopic (exact) mass is 464 g/mol. The van der Waals surface area contributed by atoms with Crippen LogP contribution in [0.1, 0.15) is 5.56 Å². The maximum absolute atomic E-state index is 13.8. The van der Waals surface area contributed by atoms with Gasteiger partial charge in [0.15, 0.2) is 4.38 Å². The average Bonchev–Trinajstić information content (AvgIpc) is 2.57. The fourth-order valence-corrected chi connectivity index (χ4v) is 4.45. The summed E-state index contributed by atoms with van der Waals surface area (Å²) >= 11 is 25.1. The molecule has 0 N–H and O–H groups in total. The second-order valence-corrected chi connectivity index (χ2v) is 8.56. The smallest absolute Gasteiger partial charge is 0.232 e. The molecule has 0 fully saturated rings. The Morgan fingerprint density at radius 1 is 1.23 bits per heavy atom. The zero-order valence-electron chi connectivity index (χ0n) is 12.7. The summed E-state index contributed by atoms with van der Waals surface area (Å²) in [5, 5.41) is 9.91. The third-order valence-electron chi connectivity index (χ3n) is 2.80. The van der Waals surface area contributed by atoms with Crippen molar-refractivity contribution in [2.24, 2.45) is 4.99 Å². The molecular formula is C16H8Cl3FN2OS3. The Kier molecular flexibility index (Phi) is 8.48. The van der Waals surface area contributed by atoms with Gasteiger partial charge in [-0.15, -0.1) is 0 Å². The highest BCUT2D eigenvalue weighted by Gasteiger charge is 2.14. The Hall–Kier alpha value is -1.01. The number of ether oxygens (including phenoxy) is 1. The molecule has 0 bridgehead atoms. The molecule has 0 saturated carbocycles. The molecule has 0 amide bonds. The molecule has 0 aliphatic carbocycles. The molecule has 10 heteroatoms. The van der Waals surface area contributed by atoms with E-state index in [4.69, 9.17) is 57.0 Å². The first-order valence-electron chi connectivity index (χ1n) is 6.78. The number of hydrogen-bond acceptors (Lipinski definition) is 6. The van der Waals surface area contributed by atoms with E-state index in [2.05, 4.69) is 4.99 Å². The van der Waals surface area contributed by atoms with Crippen molar-refractivity contribution in [3.8, 4) is 11.9 Å². The first-order chi connectivity index (χ1) is 12.4. The predicted octanol–water partition coefficient (Wildman–Crippen LogP) is 6.95. The molecule has 26 heavy (non-hydrogen) atoms. The van der Waals surface area contributed by atoms with Crippen LogP contribution in [0, 0.1) is 17.3 Å². The Morgan fingerprint density at radius 3 is 2.69 bits per heavy atom. The van der Waals surface area contributed by atoms with Crippen molar-refractivity contribution in [2.75, 3.05) is 0 Å². The number of aliphatic imine (C=N–C) groups is 1. The Balaban J connectivity index is 2.04. The van der Waals surface area contributed by atoms with E-state index in [0.717, 1.165) is 23.5 Å². The van der Waals surface area contributed by atoms with Crippen molar-refractivity contribution >= 4 is 79.3 Å². The van der Waals surface area contributed by atoms with Crippen LogP contribution in [0.4, 0.5) is 4.39 Å². The normalized spacial score (nSPS) is 11.1. The van der Waals surface area contributed by atoms with Crippen LogP contribution in [0.25, 0.3) is 0 Å². The fraction of sp³-hybridized carbons (Fsp3) is 0.0625. The standard InChI is InChI=1S/C16H8Cl3FN2OS3/c17-9-4-5-12(19)14(6-9)23-16(24)26-15(22-8-21)25-7-10-11(18)2-1-3-13(10)20/h1-6H,7H2. The fourth-order valence-electron chi connectivity index (χ4n) is 1.67. The minimum Gasteiger partial charge on any atom is -0.438 e. The number of halogens is 4. The highest BCUT2D eigenvalue weighted by molar-refractivity contribution is 8.47. The number of thiocarbonyl (C=S) groups is 1. The van der Waals surface area contributed by atoms with Crippen LogP contribution >= 0.6 is 70.5 Å². The number of nitrogens with zero attached hydrogens (tertiary/aromatic N) is 2. The average molecular weight is 466 g/mol. The summed E-state index contributed by atoms with van der Waals surface area (Å²) in [6.07, 6.45) is 1.68. The van der Waals surface area contributed by atoms with Crippen LogP contribution in [-0.2, 0) is 5.75 Å². The van der Waals surface area contributed by atoms with Gasteiger partial charge in [0.05, 0.1) is 5.02 Å². The SMILES string of the molecule is N#CN=C(SCc1c(F)cccc1Cl)SC(=S)Oc1cc(Cl)ccc1Cl. The Labute approximate surface area is 178 Å². The van der Waals surface area contributed by atoms with Gasteiger partial charge in [0.1, 0.15) is 11.6 Å². The minimum atomic E-state index is -0.434. The van der Waals surface area contributed by atoms with E-state index in [-0.39, 0.29) is 20.3 Å². The van der Waals surface area contributed by atoms with Gasteiger partial charge in [-0.25, -0.2) is 4.39 Å². The lowest BCUT2D eigenvalue weighted by molar-refractivity contribution is 0.580. The molecule has 0 spiro atoms. The lowest BCUT2D eigenvalue weighted by Gasteiger charge is -2.10. The molecule has 0 unspecified atom stereocenters. The van der Waals surface area contributed by atoms with E-state index < -0.39 is 5.82 Å². The first kappa shape index (κ1) is 21.3. The topological polar surface area (TPSA) is 45.4 Å². The molecule has 2 aromatic rings. The highest BCUT2D eigenvalue weighted by atomic mass is 35.5. The summed E-state index contributed by atoms with van der Waals surface area (Å²) < 4.78 is 19.7.